The number of nitrogens with one attached hydrogen (secondary N) is 1. The van der Waals surface area contributed by atoms with E-state index < -0.39 is 5.60 Å². The van der Waals surface area contributed by atoms with E-state index in [1.54, 1.807) is 12.3 Å². The third kappa shape index (κ3) is 4.97. The second kappa shape index (κ2) is 6.98. The maximum Gasteiger partial charge on any atom is 0.340 e. The molecule has 1 aromatic carbocycles. The highest BCUT2D eigenvalue weighted by Crippen LogP contribution is 2.25. The Bertz CT molecular complexity index is 682. The SMILES string of the molecule is CC(C)(C)OC(=O)c1cc(Br)ccc1NCc1cnc(Cl)s1. The van der Waals surface area contributed by atoms with Crippen molar-refractivity contribution in [3.8, 4) is 0 Å². The molecule has 0 saturated heterocycles. The summed E-state index contributed by atoms with van der Waals surface area (Å²) in [5.74, 6) is -0.362. The predicted molar refractivity (Wildman–Crippen MR) is 93.8 cm³/mol. The van der Waals surface area contributed by atoms with E-state index in [0.29, 0.717) is 22.3 Å². The smallest absolute Gasteiger partial charge is 0.340 e. The van der Waals surface area contributed by atoms with Crippen molar-refractivity contribution in [2.24, 2.45) is 0 Å². The highest BCUT2D eigenvalue weighted by molar-refractivity contribution is 9.10. The summed E-state index contributed by atoms with van der Waals surface area (Å²) in [5, 5.41) is 3.23. The summed E-state index contributed by atoms with van der Waals surface area (Å²) in [6.45, 7) is 6.07. The van der Waals surface area contributed by atoms with Crippen LogP contribution < -0.4 is 5.32 Å². The Kier molecular flexibility index (Phi) is 5.47. The maximum absolute atomic E-state index is 12.3. The molecule has 22 heavy (non-hydrogen) atoms. The van der Waals surface area contributed by atoms with Gasteiger partial charge in [0.1, 0.15) is 5.60 Å². The molecule has 0 fully saturated rings. The summed E-state index contributed by atoms with van der Waals surface area (Å²) >= 11 is 10.6. The average Bonchev–Trinajstić information content (AvgIpc) is 2.81. The number of nitrogens with zero attached hydrogens (tertiary/aromatic N) is 1. The Labute approximate surface area is 147 Å². The second-order valence-corrected chi connectivity index (χ2v) is 8.24. The summed E-state index contributed by atoms with van der Waals surface area (Å²) in [6.07, 6.45) is 1.71. The summed E-state index contributed by atoms with van der Waals surface area (Å²) in [4.78, 5) is 17.3. The molecule has 1 aromatic heterocycles. The monoisotopic (exact) mass is 402 g/mol. The molecule has 2 aromatic rings. The molecule has 0 saturated carbocycles. The van der Waals surface area contributed by atoms with Crippen molar-refractivity contribution in [3.63, 3.8) is 0 Å². The van der Waals surface area contributed by atoms with Gasteiger partial charge in [0.05, 0.1) is 12.1 Å². The van der Waals surface area contributed by atoms with Crippen molar-refractivity contribution in [1.29, 1.82) is 0 Å². The van der Waals surface area contributed by atoms with Crippen molar-refractivity contribution in [1.82, 2.24) is 4.98 Å². The van der Waals surface area contributed by atoms with Crippen molar-refractivity contribution in [2.75, 3.05) is 5.32 Å². The standard InChI is InChI=1S/C15H16BrClN2O2S/c1-15(2,3)21-13(20)11-6-9(16)4-5-12(11)18-7-10-8-19-14(17)22-10/h4-6,8,18H,7H2,1-3H3. The van der Waals surface area contributed by atoms with Crippen LogP contribution >= 0.6 is 38.9 Å². The highest BCUT2D eigenvalue weighted by atomic mass is 79.9. The maximum atomic E-state index is 12.3. The number of halogens is 2. The highest BCUT2D eigenvalue weighted by Gasteiger charge is 2.20. The van der Waals surface area contributed by atoms with Gasteiger partial charge in [-0.3, -0.25) is 0 Å². The number of hydrogen-bond donors (Lipinski definition) is 1. The van der Waals surface area contributed by atoms with Gasteiger partial charge in [0.25, 0.3) is 0 Å². The molecule has 1 N–H and O–H groups in total. The van der Waals surface area contributed by atoms with Crippen LogP contribution in [-0.2, 0) is 11.3 Å². The van der Waals surface area contributed by atoms with Crippen LogP contribution in [0.2, 0.25) is 4.47 Å². The molecule has 0 spiro atoms. The van der Waals surface area contributed by atoms with Gasteiger partial charge in [-0.05, 0) is 39.0 Å². The van der Waals surface area contributed by atoms with E-state index in [4.69, 9.17) is 16.3 Å². The van der Waals surface area contributed by atoms with Gasteiger partial charge in [-0.2, -0.15) is 0 Å². The Morgan fingerprint density at radius 1 is 1.45 bits per heavy atom. The zero-order valence-corrected chi connectivity index (χ0v) is 15.6. The van der Waals surface area contributed by atoms with Crippen LogP contribution in [0.1, 0.15) is 36.0 Å². The number of aromatic nitrogens is 1. The molecule has 0 bridgehead atoms. The number of hydrogen-bond acceptors (Lipinski definition) is 5. The van der Waals surface area contributed by atoms with E-state index in [2.05, 4.69) is 26.2 Å². The predicted octanol–water partition coefficient (Wildman–Crippen LogP) is 5.13. The number of carbonyl (C=O) groups excluding carboxylic acids is 1. The summed E-state index contributed by atoms with van der Waals surface area (Å²) < 4.78 is 6.76. The lowest BCUT2D eigenvalue weighted by atomic mass is 10.1. The van der Waals surface area contributed by atoms with Crippen LogP contribution in [-0.4, -0.2) is 16.6 Å². The minimum atomic E-state index is -0.540. The van der Waals surface area contributed by atoms with Crippen molar-refractivity contribution >= 4 is 50.5 Å². The van der Waals surface area contributed by atoms with E-state index in [-0.39, 0.29) is 5.97 Å². The Morgan fingerprint density at radius 2 is 2.18 bits per heavy atom. The van der Waals surface area contributed by atoms with E-state index in [1.807, 2.05) is 32.9 Å². The number of esters is 1. The zero-order chi connectivity index (χ0) is 16.3. The van der Waals surface area contributed by atoms with Crippen LogP contribution in [0, 0.1) is 0 Å². The molecular formula is C15H16BrClN2O2S. The third-order valence-corrected chi connectivity index (χ3v) is 4.19. The van der Waals surface area contributed by atoms with Crippen molar-refractivity contribution < 1.29 is 9.53 Å². The molecule has 0 unspecified atom stereocenters. The molecule has 0 amide bonds. The van der Waals surface area contributed by atoms with Crippen LogP contribution in [0.3, 0.4) is 0 Å². The molecule has 0 aliphatic heterocycles. The van der Waals surface area contributed by atoms with Gasteiger partial charge in [-0.15, -0.1) is 11.3 Å². The van der Waals surface area contributed by atoms with Gasteiger partial charge in [0, 0.05) is 21.2 Å². The summed E-state index contributed by atoms with van der Waals surface area (Å²) in [6, 6.07) is 5.46. The lowest BCUT2D eigenvalue weighted by molar-refractivity contribution is 0.00706. The van der Waals surface area contributed by atoms with Gasteiger partial charge in [-0.25, -0.2) is 9.78 Å². The molecule has 7 heteroatoms. The van der Waals surface area contributed by atoms with E-state index >= 15 is 0 Å². The molecule has 0 atom stereocenters. The van der Waals surface area contributed by atoms with Gasteiger partial charge in [0.2, 0.25) is 0 Å². The fourth-order valence-electron chi connectivity index (χ4n) is 1.72. The first-order valence-electron chi connectivity index (χ1n) is 6.61. The van der Waals surface area contributed by atoms with Crippen molar-refractivity contribution in [2.45, 2.75) is 32.9 Å². The average molecular weight is 404 g/mol. The second-order valence-electron chi connectivity index (χ2n) is 5.62. The van der Waals surface area contributed by atoms with Crippen LogP contribution in [0.15, 0.2) is 28.9 Å². The molecule has 0 aliphatic carbocycles. The third-order valence-electron chi connectivity index (χ3n) is 2.58. The molecule has 4 nitrogen and oxygen atoms in total. The topological polar surface area (TPSA) is 51.2 Å². The van der Waals surface area contributed by atoms with Gasteiger partial charge >= 0.3 is 5.97 Å². The first-order valence-corrected chi connectivity index (χ1v) is 8.60. The van der Waals surface area contributed by atoms with Gasteiger partial charge in [-0.1, -0.05) is 27.5 Å². The van der Waals surface area contributed by atoms with E-state index in [0.717, 1.165) is 9.35 Å². The number of carbonyl (C=O) groups is 1. The van der Waals surface area contributed by atoms with Gasteiger partial charge in [0.15, 0.2) is 4.47 Å². The van der Waals surface area contributed by atoms with Gasteiger partial charge < -0.3 is 10.1 Å². The molecule has 118 valence electrons. The minimum Gasteiger partial charge on any atom is -0.456 e. The zero-order valence-electron chi connectivity index (χ0n) is 12.4. The molecule has 0 aliphatic rings. The van der Waals surface area contributed by atoms with Crippen LogP contribution in [0.25, 0.3) is 0 Å². The number of benzene rings is 1. The molecular weight excluding hydrogens is 388 g/mol. The quantitative estimate of drug-likeness (QED) is 0.719. The number of anilines is 1. The first kappa shape index (κ1) is 17.2. The normalized spacial score (nSPS) is 11.3. The lowest BCUT2D eigenvalue weighted by Crippen LogP contribution is -2.24. The lowest BCUT2D eigenvalue weighted by Gasteiger charge is -2.21. The summed E-state index contributed by atoms with van der Waals surface area (Å²) in [5.41, 5.74) is 0.656. The molecule has 2 rings (SSSR count). The molecule has 1 heterocycles. The van der Waals surface area contributed by atoms with Crippen molar-refractivity contribution in [3.05, 3.63) is 43.8 Å². The number of thiazole rings is 1. The van der Waals surface area contributed by atoms with E-state index in [9.17, 15) is 4.79 Å². The molecule has 0 radical (unpaired) electrons. The Morgan fingerprint density at radius 3 is 2.77 bits per heavy atom. The fraction of sp³-hybridized carbons (Fsp3) is 0.333. The van der Waals surface area contributed by atoms with Crippen LogP contribution in [0.4, 0.5) is 5.69 Å². The number of ether oxygens (including phenoxy) is 1. The Balaban J connectivity index is 2.18. The summed E-state index contributed by atoms with van der Waals surface area (Å²) in [7, 11) is 0. The largest absolute Gasteiger partial charge is 0.456 e. The van der Waals surface area contributed by atoms with E-state index in [1.165, 1.54) is 11.3 Å². The van der Waals surface area contributed by atoms with Crippen LogP contribution in [0.5, 0.6) is 0 Å². The fourth-order valence-corrected chi connectivity index (χ4v) is 3.00. The first-order chi connectivity index (χ1) is 10.2. The minimum absolute atomic E-state index is 0.362. The Hall–Kier alpha value is -1.11. The number of rotatable bonds is 4.